The Labute approximate surface area is 142 Å². The maximum absolute atomic E-state index is 12.0. The Morgan fingerprint density at radius 1 is 1.33 bits per heavy atom. The van der Waals surface area contributed by atoms with Crippen molar-refractivity contribution < 1.29 is 30.6 Å². The Bertz CT molecular complexity index is 685. The van der Waals surface area contributed by atoms with Crippen molar-refractivity contribution in [2.24, 2.45) is 0 Å². The summed E-state index contributed by atoms with van der Waals surface area (Å²) in [5.74, 6) is 0. The Kier molecular flexibility index (Phi) is 7.39. The van der Waals surface area contributed by atoms with Crippen LogP contribution >= 0.6 is 0 Å². The van der Waals surface area contributed by atoms with Crippen molar-refractivity contribution in [1.82, 2.24) is 9.62 Å². The van der Waals surface area contributed by atoms with Gasteiger partial charge < -0.3 is 4.74 Å². The highest BCUT2D eigenvalue weighted by molar-refractivity contribution is 7.88. The average Bonchev–Trinajstić information content (AvgIpc) is 2.80. The molecule has 0 saturated carbocycles. The lowest BCUT2D eigenvalue weighted by Crippen LogP contribution is -2.36. The minimum absolute atomic E-state index is 0.0268. The summed E-state index contributed by atoms with van der Waals surface area (Å²) < 4.78 is 56.7. The number of hydrogen-bond acceptors (Lipinski definition) is 7. The van der Waals surface area contributed by atoms with Gasteiger partial charge in [0.05, 0.1) is 31.2 Å². The third kappa shape index (κ3) is 7.90. The van der Waals surface area contributed by atoms with Gasteiger partial charge in [0.25, 0.3) is 10.1 Å². The van der Waals surface area contributed by atoms with E-state index in [-0.39, 0.29) is 26.1 Å². The van der Waals surface area contributed by atoms with Crippen LogP contribution in [-0.4, -0.2) is 72.2 Å². The first-order valence-corrected chi connectivity index (χ1v) is 10.8. The maximum Gasteiger partial charge on any atom is 0.410 e. The zero-order valence-corrected chi connectivity index (χ0v) is 15.2. The van der Waals surface area contributed by atoms with E-state index in [0.717, 1.165) is 12.5 Å². The SMILES string of the molecule is C=CCOC(=O)N1C[C@H](OS(C)(=O)=O)C[C@H]1C=CCNS(C)(=O)=O. The first-order valence-electron chi connectivity index (χ1n) is 7.05. The minimum atomic E-state index is -3.65. The normalized spacial score (nSPS) is 22.0. The molecule has 2 atom stereocenters. The lowest BCUT2D eigenvalue weighted by Gasteiger charge is -2.20. The summed E-state index contributed by atoms with van der Waals surface area (Å²) in [6.07, 6.45) is 5.48. The van der Waals surface area contributed by atoms with Crippen LogP contribution in [0.1, 0.15) is 6.42 Å². The molecule has 1 saturated heterocycles. The van der Waals surface area contributed by atoms with E-state index in [9.17, 15) is 21.6 Å². The molecular formula is C13H22N2O7S2. The topological polar surface area (TPSA) is 119 Å². The van der Waals surface area contributed by atoms with Crippen molar-refractivity contribution in [2.45, 2.75) is 18.6 Å². The fourth-order valence-electron chi connectivity index (χ4n) is 2.17. The van der Waals surface area contributed by atoms with Gasteiger partial charge >= 0.3 is 6.09 Å². The van der Waals surface area contributed by atoms with E-state index in [1.807, 2.05) is 0 Å². The Balaban J connectivity index is 2.76. The van der Waals surface area contributed by atoms with Gasteiger partial charge in [-0.05, 0) is 0 Å². The van der Waals surface area contributed by atoms with Crippen molar-refractivity contribution in [2.75, 3.05) is 32.2 Å². The van der Waals surface area contributed by atoms with Crippen LogP contribution in [0, 0.1) is 0 Å². The monoisotopic (exact) mass is 382 g/mol. The highest BCUT2D eigenvalue weighted by Crippen LogP contribution is 2.23. The number of rotatable bonds is 8. The van der Waals surface area contributed by atoms with Crippen molar-refractivity contribution in [1.29, 1.82) is 0 Å². The van der Waals surface area contributed by atoms with Gasteiger partial charge in [-0.25, -0.2) is 17.9 Å². The predicted molar refractivity (Wildman–Crippen MR) is 88.4 cm³/mol. The molecule has 9 nitrogen and oxygen atoms in total. The van der Waals surface area contributed by atoms with E-state index in [1.165, 1.54) is 11.0 Å². The predicted octanol–water partition coefficient (Wildman–Crippen LogP) is -0.166. The van der Waals surface area contributed by atoms with Crippen LogP contribution in [0.5, 0.6) is 0 Å². The zero-order valence-electron chi connectivity index (χ0n) is 13.5. The molecule has 0 bridgehead atoms. The lowest BCUT2D eigenvalue weighted by molar-refractivity contribution is 0.109. The van der Waals surface area contributed by atoms with Crippen LogP contribution in [0.2, 0.25) is 0 Å². The van der Waals surface area contributed by atoms with Crippen LogP contribution in [0.3, 0.4) is 0 Å². The van der Waals surface area contributed by atoms with E-state index in [0.29, 0.717) is 0 Å². The largest absolute Gasteiger partial charge is 0.445 e. The van der Waals surface area contributed by atoms with Gasteiger partial charge in [-0.15, -0.1) is 0 Å². The molecule has 1 fully saturated rings. The average molecular weight is 382 g/mol. The number of hydrogen-bond donors (Lipinski definition) is 1. The Morgan fingerprint density at radius 3 is 2.54 bits per heavy atom. The summed E-state index contributed by atoms with van der Waals surface area (Å²) in [7, 11) is -6.97. The number of sulfonamides is 1. The molecule has 1 aliphatic rings. The maximum atomic E-state index is 12.0. The Morgan fingerprint density at radius 2 is 2.00 bits per heavy atom. The van der Waals surface area contributed by atoms with Gasteiger partial charge in [0.2, 0.25) is 10.0 Å². The van der Waals surface area contributed by atoms with Crippen LogP contribution in [0.4, 0.5) is 4.79 Å². The number of carbonyl (C=O) groups is 1. The number of nitrogens with zero attached hydrogens (tertiary/aromatic N) is 1. The van der Waals surface area contributed by atoms with Crippen LogP contribution < -0.4 is 4.72 Å². The lowest BCUT2D eigenvalue weighted by atomic mass is 10.2. The van der Waals surface area contributed by atoms with E-state index in [4.69, 9.17) is 8.92 Å². The quantitative estimate of drug-likeness (QED) is 0.457. The second kappa shape index (κ2) is 8.60. The van der Waals surface area contributed by atoms with Crippen molar-refractivity contribution in [3.63, 3.8) is 0 Å². The molecule has 1 N–H and O–H groups in total. The van der Waals surface area contributed by atoms with Gasteiger partial charge in [0.1, 0.15) is 6.61 Å². The summed E-state index contributed by atoms with van der Waals surface area (Å²) >= 11 is 0. The second-order valence-electron chi connectivity index (χ2n) is 5.29. The number of amides is 1. The highest BCUT2D eigenvalue weighted by atomic mass is 32.2. The Hall–Kier alpha value is -1.43. The van der Waals surface area contributed by atoms with Gasteiger partial charge in [0, 0.05) is 13.0 Å². The molecule has 0 radical (unpaired) electrons. The summed E-state index contributed by atoms with van der Waals surface area (Å²) in [6.45, 7) is 3.58. The van der Waals surface area contributed by atoms with Gasteiger partial charge in [0.15, 0.2) is 0 Å². The first-order chi connectivity index (χ1) is 11.0. The third-order valence-electron chi connectivity index (χ3n) is 3.00. The fraction of sp³-hybridized carbons (Fsp3) is 0.615. The molecule has 0 aromatic carbocycles. The van der Waals surface area contributed by atoms with Gasteiger partial charge in [-0.3, -0.25) is 9.08 Å². The number of carbonyl (C=O) groups excluding carboxylic acids is 1. The summed E-state index contributed by atoms with van der Waals surface area (Å²) in [5.41, 5.74) is 0. The molecule has 0 aromatic rings. The molecule has 0 spiro atoms. The molecule has 24 heavy (non-hydrogen) atoms. The molecule has 0 aliphatic carbocycles. The highest BCUT2D eigenvalue weighted by Gasteiger charge is 2.36. The molecule has 1 amide bonds. The van der Waals surface area contributed by atoms with Gasteiger partial charge in [-0.1, -0.05) is 24.8 Å². The number of likely N-dealkylation sites (tertiary alicyclic amines) is 1. The fourth-order valence-corrected chi connectivity index (χ4v) is 3.21. The standard InChI is InChI=1S/C13H22N2O7S2/c1-4-8-21-13(16)15-10-12(22-24(3,19)20)9-11(15)6-5-7-14-23(2,17)18/h4-6,11-12,14H,1,7-10H2,2-3H3/t11-,12-/m1/s1. The molecule has 0 aromatic heterocycles. The van der Waals surface area contributed by atoms with Crippen molar-refractivity contribution in [3.8, 4) is 0 Å². The van der Waals surface area contributed by atoms with Crippen molar-refractivity contribution in [3.05, 3.63) is 24.8 Å². The van der Waals surface area contributed by atoms with E-state index < -0.39 is 38.4 Å². The smallest absolute Gasteiger partial charge is 0.410 e. The molecular weight excluding hydrogens is 360 g/mol. The van der Waals surface area contributed by atoms with Crippen molar-refractivity contribution >= 4 is 26.2 Å². The zero-order chi connectivity index (χ0) is 18.4. The molecule has 1 heterocycles. The summed E-state index contributed by atoms with van der Waals surface area (Å²) in [5, 5.41) is 0. The minimum Gasteiger partial charge on any atom is -0.445 e. The number of nitrogens with one attached hydrogen (secondary N) is 1. The van der Waals surface area contributed by atoms with Crippen LogP contribution in [0.25, 0.3) is 0 Å². The van der Waals surface area contributed by atoms with Crippen LogP contribution in [0.15, 0.2) is 24.8 Å². The molecule has 11 heteroatoms. The first kappa shape index (κ1) is 20.6. The number of ether oxygens (including phenoxy) is 1. The molecule has 0 unspecified atom stereocenters. The molecule has 138 valence electrons. The van der Waals surface area contributed by atoms with E-state index in [1.54, 1.807) is 12.2 Å². The molecule has 1 rings (SSSR count). The summed E-state index contributed by atoms with van der Waals surface area (Å²) in [4.78, 5) is 13.4. The molecule has 1 aliphatic heterocycles. The second-order valence-corrected chi connectivity index (χ2v) is 8.73. The third-order valence-corrected chi connectivity index (χ3v) is 4.31. The van der Waals surface area contributed by atoms with E-state index in [2.05, 4.69) is 11.3 Å². The van der Waals surface area contributed by atoms with E-state index >= 15 is 0 Å². The summed E-state index contributed by atoms with van der Waals surface area (Å²) in [6, 6.07) is -0.463. The van der Waals surface area contributed by atoms with Crippen LogP contribution in [-0.2, 0) is 29.1 Å². The van der Waals surface area contributed by atoms with Gasteiger partial charge in [-0.2, -0.15) is 8.42 Å².